The van der Waals surface area contributed by atoms with Crippen LogP contribution in [0.15, 0.2) is 18.2 Å². The van der Waals surface area contributed by atoms with Crippen molar-refractivity contribution in [3.8, 4) is 0 Å². The molecule has 0 spiro atoms. The van der Waals surface area contributed by atoms with Gasteiger partial charge in [-0.15, -0.1) is 11.3 Å². The van der Waals surface area contributed by atoms with Crippen LogP contribution in [-0.2, 0) is 19.4 Å². The molecule has 0 bridgehead atoms. The van der Waals surface area contributed by atoms with Crippen LogP contribution in [0.5, 0.6) is 0 Å². The zero-order valence-electron chi connectivity index (χ0n) is 12.3. The summed E-state index contributed by atoms with van der Waals surface area (Å²) in [5, 5.41) is 0.932. The van der Waals surface area contributed by atoms with Crippen molar-refractivity contribution in [2.24, 2.45) is 5.73 Å². The molecule has 0 aliphatic heterocycles. The van der Waals surface area contributed by atoms with Gasteiger partial charge >= 0.3 is 0 Å². The van der Waals surface area contributed by atoms with Crippen LogP contribution in [0.25, 0.3) is 0 Å². The second-order valence-electron chi connectivity index (χ2n) is 5.53. The van der Waals surface area contributed by atoms with Gasteiger partial charge in [0.05, 0.1) is 5.69 Å². The summed E-state index contributed by atoms with van der Waals surface area (Å²) in [6.07, 6.45) is 4.53. The number of aryl methyl sites for hydroxylation is 2. The highest BCUT2D eigenvalue weighted by Crippen LogP contribution is 2.32. The molecular weight excluding hydrogens is 304 g/mol. The van der Waals surface area contributed by atoms with Gasteiger partial charge in [-0.3, -0.25) is 0 Å². The molecule has 0 fully saturated rings. The van der Waals surface area contributed by atoms with Crippen LogP contribution >= 0.6 is 11.3 Å². The molecule has 0 saturated heterocycles. The minimum Gasteiger partial charge on any atom is -0.342 e. The predicted octanol–water partition coefficient (Wildman–Crippen LogP) is 3.27. The van der Waals surface area contributed by atoms with Gasteiger partial charge in [-0.1, -0.05) is 6.07 Å². The van der Waals surface area contributed by atoms with Crippen LogP contribution in [0.2, 0.25) is 0 Å². The number of halogens is 2. The molecule has 0 atom stereocenters. The second kappa shape index (κ2) is 6.71. The number of anilines is 1. The second-order valence-corrected chi connectivity index (χ2v) is 6.59. The molecule has 1 heterocycles. The summed E-state index contributed by atoms with van der Waals surface area (Å²) in [5.74, 6) is -1.64. The molecule has 0 saturated carbocycles. The fourth-order valence-corrected chi connectivity index (χ4v) is 3.90. The first kappa shape index (κ1) is 15.4. The van der Waals surface area contributed by atoms with Crippen molar-refractivity contribution >= 4 is 16.5 Å². The van der Waals surface area contributed by atoms with Crippen LogP contribution in [0.3, 0.4) is 0 Å². The molecule has 1 aliphatic carbocycles. The fourth-order valence-electron chi connectivity index (χ4n) is 2.73. The van der Waals surface area contributed by atoms with Crippen molar-refractivity contribution < 1.29 is 8.78 Å². The number of thiazole rings is 1. The maximum absolute atomic E-state index is 13.4. The van der Waals surface area contributed by atoms with E-state index in [1.165, 1.54) is 29.5 Å². The highest BCUT2D eigenvalue weighted by Gasteiger charge is 2.19. The molecular formula is C16H19F2N3S. The first-order valence-corrected chi connectivity index (χ1v) is 8.36. The van der Waals surface area contributed by atoms with E-state index < -0.39 is 11.6 Å². The Morgan fingerprint density at radius 1 is 1.18 bits per heavy atom. The number of nitrogens with two attached hydrogens (primary N) is 1. The third-order valence-electron chi connectivity index (χ3n) is 3.86. The topological polar surface area (TPSA) is 42.1 Å². The Labute approximate surface area is 132 Å². The highest BCUT2D eigenvalue weighted by molar-refractivity contribution is 7.15. The maximum Gasteiger partial charge on any atom is 0.186 e. The van der Waals surface area contributed by atoms with E-state index in [1.54, 1.807) is 17.4 Å². The van der Waals surface area contributed by atoms with Crippen molar-refractivity contribution in [2.75, 3.05) is 18.0 Å². The third-order valence-corrected chi connectivity index (χ3v) is 5.08. The lowest BCUT2D eigenvalue weighted by Gasteiger charge is -2.21. The van der Waals surface area contributed by atoms with E-state index in [2.05, 4.69) is 4.90 Å². The average molecular weight is 323 g/mol. The zero-order chi connectivity index (χ0) is 15.5. The number of nitrogens with zero attached hydrogens (tertiary/aromatic N) is 2. The first-order chi connectivity index (χ1) is 10.7. The number of hydrogen-bond acceptors (Lipinski definition) is 4. The Bertz CT molecular complexity index is 633. The molecule has 0 unspecified atom stereocenters. The Morgan fingerprint density at radius 3 is 2.73 bits per heavy atom. The van der Waals surface area contributed by atoms with Gasteiger partial charge in [-0.2, -0.15) is 0 Å². The molecule has 0 radical (unpaired) electrons. The van der Waals surface area contributed by atoms with Crippen molar-refractivity contribution in [1.82, 2.24) is 4.98 Å². The quantitative estimate of drug-likeness (QED) is 0.918. The minimum atomic E-state index is -0.821. The lowest BCUT2D eigenvalue weighted by atomic mass is 10.0. The maximum atomic E-state index is 13.4. The van der Waals surface area contributed by atoms with Gasteiger partial charge in [0.2, 0.25) is 0 Å². The minimum absolute atomic E-state index is 0.487. The van der Waals surface area contributed by atoms with Gasteiger partial charge in [-0.25, -0.2) is 13.8 Å². The summed E-state index contributed by atoms with van der Waals surface area (Å²) < 4.78 is 26.4. The molecule has 3 rings (SSSR count). The Kier molecular flexibility index (Phi) is 4.69. The van der Waals surface area contributed by atoms with Gasteiger partial charge in [0.15, 0.2) is 16.8 Å². The molecule has 2 N–H and O–H groups in total. The molecule has 2 aromatic rings. The summed E-state index contributed by atoms with van der Waals surface area (Å²) >= 11 is 1.70. The Hall–Kier alpha value is -1.53. The van der Waals surface area contributed by atoms with Crippen LogP contribution in [0.1, 0.15) is 29.0 Å². The fraction of sp³-hybridized carbons (Fsp3) is 0.438. The number of rotatable bonds is 5. The smallest absolute Gasteiger partial charge is 0.186 e. The van der Waals surface area contributed by atoms with Crippen LogP contribution < -0.4 is 10.6 Å². The highest BCUT2D eigenvalue weighted by atomic mass is 32.1. The van der Waals surface area contributed by atoms with E-state index in [0.717, 1.165) is 29.6 Å². The molecule has 0 amide bonds. The normalized spacial score (nSPS) is 14.0. The van der Waals surface area contributed by atoms with Gasteiger partial charge in [-0.05, 0) is 43.4 Å². The average Bonchev–Trinajstić information content (AvgIpc) is 2.94. The van der Waals surface area contributed by atoms with E-state index in [9.17, 15) is 8.78 Å². The Morgan fingerprint density at radius 2 is 2.00 bits per heavy atom. The largest absolute Gasteiger partial charge is 0.342 e. The van der Waals surface area contributed by atoms with Crippen molar-refractivity contribution in [1.29, 1.82) is 0 Å². The molecule has 1 aromatic heterocycles. The predicted molar refractivity (Wildman–Crippen MR) is 85.2 cm³/mol. The van der Waals surface area contributed by atoms with E-state index in [-0.39, 0.29) is 0 Å². The lowest BCUT2D eigenvalue weighted by molar-refractivity contribution is 0.507. The van der Waals surface area contributed by atoms with Gasteiger partial charge in [0.25, 0.3) is 0 Å². The van der Waals surface area contributed by atoms with Gasteiger partial charge in [0, 0.05) is 24.5 Å². The molecule has 1 aliphatic rings. The van der Waals surface area contributed by atoms with Crippen molar-refractivity contribution in [2.45, 2.75) is 32.2 Å². The summed E-state index contributed by atoms with van der Waals surface area (Å²) in [6.45, 7) is 1.63. The van der Waals surface area contributed by atoms with Crippen molar-refractivity contribution in [3.63, 3.8) is 0 Å². The Balaban J connectivity index is 1.82. The molecule has 118 valence electrons. The van der Waals surface area contributed by atoms with Gasteiger partial charge < -0.3 is 10.6 Å². The first-order valence-electron chi connectivity index (χ1n) is 7.55. The van der Waals surface area contributed by atoms with Crippen molar-refractivity contribution in [3.05, 3.63) is 46.0 Å². The van der Waals surface area contributed by atoms with E-state index in [1.807, 2.05) is 0 Å². The number of fused-ring (bicyclic) bond motifs is 1. The number of benzene rings is 1. The van der Waals surface area contributed by atoms with E-state index >= 15 is 0 Å². The monoisotopic (exact) mass is 323 g/mol. The number of aromatic nitrogens is 1. The summed E-state index contributed by atoms with van der Waals surface area (Å²) in [6, 6.07) is 4.01. The SMILES string of the molecule is NCCN(Cc1ccc(F)c(F)c1)c1nc2c(s1)CCCC2. The van der Waals surface area contributed by atoms with Crippen LogP contribution in [-0.4, -0.2) is 18.1 Å². The molecule has 3 nitrogen and oxygen atoms in total. The lowest BCUT2D eigenvalue weighted by Crippen LogP contribution is -2.29. The van der Waals surface area contributed by atoms with Crippen LogP contribution in [0.4, 0.5) is 13.9 Å². The van der Waals surface area contributed by atoms with E-state index in [0.29, 0.717) is 19.6 Å². The third kappa shape index (κ3) is 3.28. The molecule has 1 aromatic carbocycles. The zero-order valence-corrected chi connectivity index (χ0v) is 13.1. The number of hydrogen-bond donors (Lipinski definition) is 1. The molecule has 6 heteroatoms. The van der Waals surface area contributed by atoms with Crippen LogP contribution in [0, 0.1) is 11.6 Å². The van der Waals surface area contributed by atoms with E-state index in [4.69, 9.17) is 10.7 Å². The molecule has 22 heavy (non-hydrogen) atoms. The summed E-state index contributed by atoms with van der Waals surface area (Å²) in [4.78, 5) is 8.13. The summed E-state index contributed by atoms with van der Waals surface area (Å²) in [7, 11) is 0. The summed E-state index contributed by atoms with van der Waals surface area (Å²) in [5.41, 5.74) is 7.61. The van der Waals surface area contributed by atoms with Gasteiger partial charge in [0.1, 0.15) is 0 Å². The standard InChI is InChI=1S/C16H19F2N3S/c17-12-6-5-11(9-13(12)18)10-21(8-7-19)16-20-14-3-1-2-4-15(14)22-16/h5-6,9H,1-4,7-8,10,19H2.